The van der Waals surface area contributed by atoms with Gasteiger partial charge in [0.2, 0.25) is 0 Å². The quantitative estimate of drug-likeness (QED) is 0.823. The lowest BCUT2D eigenvalue weighted by molar-refractivity contribution is 0.0943. The molecule has 1 aromatic rings. The standard InChI is InChI=1S/C13H16BrFN2OS/c1-19-13(3-2-4-13)7-17-12(18)8-5-11(16)10(15)6-9(8)14/h5-6H,2-4,7,16H2,1H3,(H,17,18). The van der Waals surface area contributed by atoms with Crippen molar-refractivity contribution in [2.24, 2.45) is 0 Å². The Morgan fingerprint density at radius 3 is 2.79 bits per heavy atom. The third-order valence-electron chi connectivity index (χ3n) is 3.60. The summed E-state index contributed by atoms with van der Waals surface area (Å²) in [6.45, 7) is 0.636. The first-order valence-corrected chi connectivity index (χ1v) is 8.07. The van der Waals surface area contributed by atoms with Crippen molar-refractivity contribution in [3.8, 4) is 0 Å². The predicted molar refractivity (Wildman–Crippen MR) is 80.9 cm³/mol. The molecule has 19 heavy (non-hydrogen) atoms. The Kier molecular flexibility index (Phi) is 4.40. The molecule has 1 fully saturated rings. The summed E-state index contributed by atoms with van der Waals surface area (Å²) in [6, 6.07) is 2.58. The highest BCUT2D eigenvalue weighted by atomic mass is 79.9. The number of nitrogen functional groups attached to an aromatic ring is 1. The normalized spacial score (nSPS) is 16.8. The van der Waals surface area contributed by atoms with E-state index in [4.69, 9.17) is 5.73 Å². The molecule has 0 aromatic heterocycles. The first-order valence-electron chi connectivity index (χ1n) is 6.05. The molecular formula is C13H16BrFN2OS. The summed E-state index contributed by atoms with van der Waals surface area (Å²) in [5.74, 6) is -0.748. The van der Waals surface area contributed by atoms with Crippen LogP contribution in [0.3, 0.4) is 0 Å². The number of amides is 1. The zero-order chi connectivity index (χ0) is 14.0. The highest BCUT2D eigenvalue weighted by molar-refractivity contribution is 9.10. The number of nitrogens with one attached hydrogen (secondary N) is 1. The van der Waals surface area contributed by atoms with Crippen LogP contribution in [0, 0.1) is 5.82 Å². The lowest BCUT2D eigenvalue weighted by Gasteiger charge is -2.40. The van der Waals surface area contributed by atoms with Crippen LogP contribution in [0.2, 0.25) is 0 Å². The molecule has 1 aliphatic carbocycles. The fourth-order valence-corrected chi connectivity index (χ4v) is 3.51. The summed E-state index contributed by atoms with van der Waals surface area (Å²) in [7, 11) is 0. The van der Waals surface area contributed by atoms with Crippen LogP contribution in [0.5, 0.6) is 0 Å². The summed E-state index contributed by atoms with van der Waals surface area (Å²) in [6.07, 6.45) is 5.53. The van der Waals surface area contributed by atoms with Crippen molar-refractivity contribution < 1.29 is 9.18 Å². The maximum Gasteiger partial charge on any atom is 0.252 e. The van der Waals surface area contributed by atoms with Gasteiger partial charge < -0.3 is 11.1 Å². The first kappa shape index (κ1) is 14.7. The van der Waals surface area contributed by atoms with Gasteiger partial charge in [-0.2, -0.15) is 11.8 Å². The van der Waals surface area contributed by atoms with E-state index in [0.29, 0.717) is 16.6 Å². The van der Waals surface area contributed by atoms with Crippen LogP contribution in [0.4, 0.5) is 10.1 Å². The van der Waals surface area contributed by atoms with Crippen LogP contribution >= 0.6 is 27.7 Å². The second-order valence-corrected chi connectivity index (χ2v) is 6.91. The average Bonchev–Trinajstić information content (AvgIpc) is 2.32. The molecule has 1 aromatic carbocycles. The maximum absolute atomic E-state index is 13.2. The minimum atomic E-state index is -0.525. The Morgan fingerprint density at radius 1 is 1.58 bits per heavy atom. The molecule has 1 saturated carbocycles. The van der Waals surface area contributed by atoms with Crippen molar-refractivity contribution in [1.29, 1.82) is 0 Å². The number of carbonyl (C=O) groups is 1. The van der Waals surface area contributed by atoms with E-state index in [-0.39, 0.29) is 16.3 Å². The number of halogens is 2. The molecular weight excluding hydrogens is 331 g/mol. The van der Waals surface area contributed by atoms with Gasteiger partial charge in [-0.1, -0.05) is 6.42 Å². The first-order chi connectivity index (χ1) is 8.97. The Balaban J connectivity index is 2.06. The number of rotatable bonds is 4. The third kappa shape index (κ3) is 3.05. The smallest absolute Gasteiger partial charge is 0.252 e. The van der Waals surface area contributed by atoms with Gasteiger partial charge in [0.25, 0.3) is 5.91 Å². The van der Waals surface area contributed by atoms with Crippen molar-refractivity contribution in [3.05, 3.63) is 28.0 Å². The molecule has 0 heterocycles. The average molecular weight is 347 g/mol. The van der Waals surface area contributed by atoms with Crippen LogP contribution in [0.15, 0.2) is 16.6 Å². The number of hydrogen-bond donors (Lipinski definition) is 2. The molecule has 0 spiro atoms. The summed E-state index contributed by atoms with van der Waals surface area (Å²) in [4.78, 5) is 12.1. The monoisotopic (exact) mass is 346 g/mol. The summed E-state index contributed by atoms with van der Waals surface area (Å²) >= 11 is 4.98. The van der Waals surface area contributed by atoms with Crippen molar-refractivity contribution in [2.45, 2.75) is 24.0 Å². The van der Waals surface area contributed by atoms with Crippen molar-refractivity contribution in [3.63, 3.8) is 0 Å². The molecule has 1 amide bonds. The number of anilines is 1. The molecule has 2 rings (SSSR count). The zero-order valence-corrected chi connectivity index (χ0v) is 13.0. The zero-order valence-electron chi connectivity index (χ0n) is 10.6. The SMILES string of the molecule is CSC1(CNC(=O)c2cc(N)c(F)cc2Br)CCC1. The third-order valence-corrected chi connectivity index (χ3v) is 5.67. The molecule has 3 N–H and O–H groups in total. The fourth-order valence-electron chi connectivity index (χ4n) is 2.10. The molecule has 0 aliphatic heterocycles. The molecule has 0 radical (unpaired) electrons. The number of hydrogen-bond acceptors (Lipinski definition) is 3. The van der Waals surface area contributed by atoms with Gasteiger partial charge in [0.15, 0.2) is 0 Å². The van der Waals surface area contributed by atoms with Gasteiger partial charge in [0.05, 0.1) is 11.3 Å². The van der Waals surface area contributed by atoms with Crippen molar-refractivity contribution in [1.82, 2.24) is 5.32 Å². The molecule has 0 saturated heterocycles. The van der Waals surface area contributed by atoms with Crippen LogP contribution < -0.4 is 11.1 Å². The molecule has 0 atom stereocenters. The van der Waals surface area contributed by atoms with E-state index >= 15 is 0 Å². The number of thioether (sulfide) groups is 1. The van der Waals surface area contributed by atoms with Gasteiger partial charge in [-0.3, -0.25) is 4.79 Å². The Hall–Kier alpha value is -0.750. The molecule has 0 unspecified atom stereocenters. The van der Waals surface area contributed by atoms with E-state index in [1.807, 2.05) is 0 Å². The maximum atomic E-state index is 13.2. The Labute approximate surface area is 124 Å². The summed E-state index contributed by atoms with van der Waals surface area (Å²) in [5.41, 5.74) is 5.85. The van der Waals surface area contributed by atoms with E-state index in [2.05, 4.69) is 27.5 Å². The van der Waals surface area contributed by atoms with E-state index in [0.717, 1.165) is 12.8 Å². The Morgan fingerprint density at radius 2 is 2.26 bits per heavy atom. The minimum Gasteiger partial charge on any atom is -0.396 e. The van der Waals surface area contributed by atoms with Gasteiger partial charge in [-0.15, -0.1) is 0 Å². The molecule has 104 valence electrons. The van der Waals surface area contributed by atoms with Gasteiger partial charge >= 0.3 is 0 Å². The highest BCUT2D eigenvalue weighted by Gasteiger charge is 2.36. The molecule has 3 nitrogen and oxygen atoms in total. The van der Waals surface area contributed by atoms with E-state index in [9.17, 15) is 9.18 Å². The van der Waals surface area contributed by atoms with Gasteiger partial charge in [-0.25, -0.2) is 4.39 Å². The summed E-state index contributed by atoms with van der Waals surface area (Å²) < 4.78 is 13.8. The number of carbonyl (C=O) groups excluding carboxylic acids is 1. The second kappa shape index (κ2) is 5.71. The number of benzene rings is 1. The minimum absolute atomic E-state index is 0.0171. The molecule has 6 heteroatoms. The Bertz CT molecular complexity index is 500. The van der Waals surface area contributed by atoms with Crippen molar-refractivity contribution >= 4 is 39.3 Å². The van der Waals surface area contributed by atoms with Crippen LogP contribution in [0.25, 0.3) is 0 Å². The predicted octanol–water partition coefficient (Wildman–Crippen LogP) is 3.19. The second-order valence-electron chi connectivity index (χ2n) is 4.78. The summed E-state index contributed by atoms with van der Waals surface area (Å²) in [5, 5.41) is 2.91. The lowest BCUT2D eigenvalue weighted by atomic mass is 9.84. The van der Waals surface area contributed by atoms with E-state index in [1.165, 1.54) is 18.6 Å². The van der Waals surface area contributed by atoms with Crippen LogP contribution in [0.1, 0.15) is 29.6 Å². The van der Waals surface area contributed by atoms with Gasteiger partial charge in [0, 0.05) is 15.8 Å². The van der Waals surface area contributed by atoms with Crippen LogP contribution in [-0.4, -0.2) is 23.5 Å². The van der Waals surface area contributed by atoms with Crippen molar-refractivity contribution in [2.75, 3.05) is 18.5 Å². The topological polar surface area (TPSA) is 55.1 Å². The number of nitrogens with two attached hydrogens (primary N) is 1. The van der Waals surface area contributed by atoms with E-state index < -0.39 is 5.82 Å². The largest absolute Gasteiger partial charge is 0.396 e. The van der Waals surface area contributed by atoms with Crippen LogP contribution in [-0.2, 0) is 0 Å². The molecule has 1 aliphatic rings. The lowest BCUT2D eigenvalue weighted by Crippen LogP contribution is -2.45. The fraction of sp³-hybridized carbons (Fsp3) is 0.462. The van der Waals surface area contributed by atoms with Gasteiger partial charge in [-0.05, 0) is 47.2 Å². The highest BCUT2D eigenvalue weighted by Crippen LogP contribution is 2.42. The van der Waals surface area contributed by atoms with E-state index in [1.54, 1.807) is 11.8 Å². The van der Waals surface area contributed by atoms with Gasteiger partial charge in [0.1, 0.15) is 5.82 Å². The molecule has 0 bridgehead atoms.